The second-order valence-electron chi connectivity index (χ2n) is 4.23. The molecule has 0 bridgehead atoms. The van der Waals surface area contributed by atoms with E-state index in [1.807, 2.05) is 6.92 Å². The maximum atomic E-state index is 10.5. The normalized spacial score (nSPS) is 37.6. The van der Waals surface area contributed by atoms with E-state index in [1.165, 1.54) is 17.3 Å². The number of aromatic nitrogens is 3. The second kappa shape index (κ2) is 3.03. The summed E-state index contributed by atoms with van der Waals surface area (Å²) in [5.74, 6) is 0. The van der Waals surface area contributed by atoms with Gasteiger partial charge in [-0.15, -0.1) is 0 Å². The molecule has 0 aliphatic heterocycles. The fourth-order valence-electron chi connectivity index (χ4n) is 2.22. The maximum absolute atomic E-state index is 10.5. The smallest absolute Gasteiger partial charge is 0.167 e. The van der Waals surface area contributed by atoms with Crippen LogP contribution in [0.15, 0.2) is 12.7 Å². The lowest BCUT2D eigenvalue weighted by Crippen LogP contribution is -2.47. The molecule has 5 heteroatoms. The van der Waals surface area contributed by atoms with Crippen LogP contribution in [-0.4, -0.2) is 31.6 Å². The first-order valence-electron chi connectivity index (χ1n) is 4.81. The Labute approximate surface area is 82.4 Å². The molecule has 1 heterocycles. The summed E-state index contributed by atoms with van der Waals surface area (Å²) < 4.78 is 1.45. The molecule has 0 aromatic carbocycles. The predicted octanol–water partition coefficient (Wildman–Crippen LogP) is 0.106. The van der Waals surface area contributed by atoms with Gasteiger partial charge < -0.3 is 10.2 Å². The average molecular weight is 197 g/mol. The first kappa shape index (κ1) is 9.61. The van der Waals surface area contributed by atoms with E-state index < -0.39 is 11.1 Å². The van der Waals surface area contributed by atoms with E-state index in [0.717, 1.165) is 12.8 Å². The maximum Gasteiger partial charge on any atom is 0.167 e. The molecule has 0 amide bonds. The van der Waals surface area contributed by atoms with Crippen molar-refractivity contribution in [2.75, 3.05) is 6.61 Å². The molecule has 2 unspecified atom stereocenters. The van der Waals surface area contributed by atoms with Crippen molar-refractivity contribution in [1.29, 1.82) is 0 Å². The zero-order chi connectivity index (χ0) is 10.2. The van der Waals surface area contributed by atoms with E-state index in [-0.39, 0.29) is 6.61 Å². The summed E-state index contributed by atoms with van der Waals surface area (Å²) in [6.45, 7) is 1.84. The molecule has 1 aliphatic carbocycles. The number of rotatable bonds is 2. The topological polar surface area (TPSA) is 71.2 Å². The lowest BCUT2D eigenvalue weighted by molar-refractivity contribution is -0.147. The van der Waals surface area contributed by atoms with Gasteiger partial charge >= 0.3 is 0 Å². The van der Waals surface area contributed by atoms with Gasteiger partial charge in [0.25, 0.3) is 0 Å². The van der Waals surface area contributed by atoms with Crippen LogP contribution in [0.5, 0.6) is 0 Å². The summed E-state index contributed by atoms with van der Waals surface area (Å²) in [4.78, 5) is 3.82. The Balaban J connectivity index is 2.40. The Hall–Kier alpha value is -0.940. The van der Waals surface area contributed by atoms with Crippen LogP contribution >= 0.6 is 0 Å². The van der Waals surface area contributed by atoms with Gasteiger partial charge in [0.1, 0.15) is 12.7 Å². The molecule has 1 aromatic rings. The fourth-order valence-corrected chi connectivity index (χ4v) is 2.22. The van der Waals surface area contributed by atoms with Crippen molar-refractivity contribution in [3.63, 3.8) is 0 Å². The molecule has 78 valence electrons. The van der Waals surface area contributed by atoms with Crippen LogP contribution in [0.25, 0.3) is 0 Å². The van der Waals surface area contributed by atoms with Crippen LogP contribution in [0.4, 0.5) is 0 Å². The first-order chi connectivity index (χ1) is 6.62. The lowest BCUT2D eigenvalue weighted by atomic mass is 9.82. The van der Waals surface area contributed by atoms with E-state index in [9.17, 15) is 10.2 Å². The van der Waals surface area contributed by atoms with Gasteiger partial charge in [0.15, 0.2) is 5.72 Å². The largest absolute Gasteiger partial charge is 0.396 e. The highest BCUT2D eigenvalue weighted by molar-refractivity contribution is 4.97. The Kier molecular flexibility index (Phi) is 2.08. The minimum Gasteiger partial charge on any atom is -0.396 e. The van der Waals surface area contributed by atoms with Gasteiger partial charge in [-0.3, -0.25) is 0 Å². The molecule has 2 atom stereocenters. The molecule has 5 nitrogen and oxygen atoms in total. The Morgan fingerprint density at radius 3 is 2.86 bits per heavy atom. The summed E-state index contributed by atoms with van der Waals surface area (Å²) in [6, 6.07) is 0. The third-order valence-electron chi connectivity index (χ3n) is 3.37. The van der Waals surface area contributed by atoms with Gasteiger partial charge in [-0.25, -0.2) is 9.67 Å². The van der Waals surface area contributed by atoms with Crippen molar-refractivity contribution >= 4 is 0 Å². The van der Waals surface area contributed by atoms with E-state index in [0.29, 0.717) is 6.42 Å². The van der Waals surface area contributed by atoms with Gasteiger partial charge in [-0.1, -0.05) is 6.92 Å². The molecule has 1 aromatic heterocycles. The van der Waals surface area contributed by atoms with Crippen LogP contribution in [0.3, 0.4) is 0 Å². The Morgan fingerprint density at radius 2 is 2.29 bits per heavy atom. The number of hydrogen-bond acceptors (Lipinski definition) is 4. The molecule has 14 heavy (non-hydrogen) atoms. The Bertz CT molecular complexity index is 314. The van der Waals surface area contributed by atoms with E-state index in [2.05, 4.69) is 10.1 Å². The van der Waals surface area contributed by atoms with Gasteiger partial charge in [0.05, 0.1) is 6.61 Å². The minimum absolute atomic E-state index is 0.0383. The van der Waals surface area contributed by atoms with Crippen molar-refractivity contribution < 1.29 is 10.2 Å². The van der Waals surface area contributed by atoms with Gasteiger partial charge in [0.2, 0.25) is 0 Å². The number of nitrogens with zero attached hydrogens (tertiary/aromatic N) is 3. The molecule has 2 N–H and O–H groups in total. The van der Waals surface area contributed by atoms with Crippen molar-refractivity contribution in [3.05, 3.63) is 12.7 Å². The molecule has 1 saturated carbocycles. The molecule has 1 fully saturated rings. The predicted molar refractivity (Wildman–Crippen MR) is 49.3 cm³/mol. The molecular formula is C9H15N3O2. The molecule has 0 saturated heterocycles. The summed E-state index contributed by atoms with van der Waals surface area (Å²) in [5, 5.41) is 23.8. The van der Waals surface area contributed by atoms with Crippen molar-refractivity contribution in [1.82, 2.24) is 14.8 Å². The quantitative estimate of drug-likeness (QED) is 0.705. The monoisotopic (exact) mass is 197 g/mol. The van der Waals surface area contributed by atoms with Gasteiger partial charge in [-0.2, -0.15) is 5.10 Å². The van der Waals surface area contributed by atoms with Crippen molar-refractivity contribution in [3.8, 4) is 0 Å². The number of hydrogen-bond donors (Lipinski definition) is 2. The highest BCUT2D eigenvalue weighted by Crippen LogP contribution is 2.48. The fraction of sp³-hybridized carbons (Fsp3) is 0.778. The average Bonchev–Trinajstić information content (AvgIpc) is 2.77. The summed E-state index contributed by atoms with van der Waals surface area (Å²) in [5.41, 5.74) is -1.60. The molecule has 2 rings (SSSR count). The zero-order valence-electron chi connectivity index (χ0n) is 8.22. The van der Waals surface area contributed by atoms with Crippen LogP contribution in [-0.2, 0) is 5.72 Å². The van der Waals surface area contributed by atoms with Crippen molar-refractivity contribution in [2.24, 2.45) is 5.41 Å². The summed E-state index contributed by atoms with van der Waals surface area (Å²) in [6.07, 6.45) is 5.22. The minimum atomic E-state index is -1.09. The molecule has 1 aliphatic rings. The summed E-state index contributed by atoms with van der Waals surface area (Å²) >= 11 is 0. The number of aliphatic hydroxyl groups is 2. The van der Waals surface area contributed by atoms with Gasteiger partial charge in [0, 0.05) is 5.41 Å². The van der Waals surface area contributed by atoms with Crippen LogP contribution in [0.2, 0.25) is 0 Å². The molecular weight excluding hydrogens is 182 g/mol. The lowest BCUT2D eigenvalue weighted by Gasteiger charge is -2.37. The van der Waals surface area contributed by atoms with E-state index in [4.69, 9.17) is 0 Å². The van der Waals surface area contributed by atoms with Crippen LogP contribution in [0.1, 0.15) is 26.2 Å². The molecule has 0 radical (unpaired) electrons. The third kappa shape index (κ3) is 1.09. The highest BCUT2D eigenvalue weighted by Gasteiger charge is 2.52. The molecule has 0 spiro atoms. The van der Waals surface area contributed by atoms with E-state index >= 15 is 0 Å². The van der Waals surface area contributed by atoms with Crippen LogP contribution in [0, 0.1) is 5.41 Å². The summed E-state index contributed by atoms with van der Waals surface area (Å²) in [7, 11) is 0. The van der Waals surface area contributed by atoms with Crippen molar-refractivity contribution in [2.45, 2.75) is 31.9 Å². The van der Waals surface area contributed by atoms with Crippen LogP contribution < -0.4 is 0 Å². The second-order valence-corrected chi connectivity index (χ2v) is 4.23. The standard InChI is InChI=1S/C9H15N3O2/c1-8(5-13)3-2-4-9(8,14)12-7-10-6-11-12/h6-7,13-14H,2-5H2,1H3. The Morgan fingerprint density at radius 1 is 1.50 bits per heavy atom. The highest BCUT2D eigenvalue weighted by atomic mass is 16.3. The third-order valence-corrected chi connectivity index (χ3v) is 3.37. The van der Waals surface area contributed by atoms with Gasteiger partial charge in [-0.05, 0) is 19.3 Å². The van der Waals surface area contributed by atoms with E-state index in [1.54, 1.807) is 0 Å². The first-order valence-corrected chi connectivity index (χ1v) is 4.81. The number of aliphatic hydroxyl groups excluding tert-OH is 1. The zero-order valence-corrected chi connectivity index (χ0v) is 8.22. The SMILES string of the molecule is CC1(CO)CCCC1(O)n1cncn1.